The Labute approximate surface area is 61.7 Å². The minimum absolute atomic E-state index is 0.588. The molecular formula is C8H14N2. The molecule has 56 valence electrons. The molecule has 1 unspecified atom stereocenters. The molecule has 2 aliphatic rings. The van der Waals surface area contributed by atoms with Crippen LogP contribution in [0.3, 0.4) is 0 Å². The first-order valence-corrected chi connectivity index (χ1v) is 4.19. The van der Waals surface area contributed by atoms with Gasteiger partial charge in [0.05, 0.1) is 12.1 Å². The Kier molecular flexibility index (Phi) is 1.29. The molecule has 1 saturated carbocycles. The molecule has 1 fully saturated rings. The van der Waals surface area contributed by atoms with Crippen molar-refractivity contribution in [3.63, 3.8) is 0 Å². The lowest BCUT2D eigenvalue weighted by atomic mass is 9.90. The molecule has 1 aliphatic heterocycles. The van der Waals surface area contributed by atoms with Crippen LogP contribution in [0.1, 0.15) is 26.7 Å². The van der Waals surface area contributed by atoms with Crippen molar-refractivity contribution in [1.29, 1.82) is 0 Å². The van der Waals surface area contributed by atoms with E-state index in [0.717, 1.165) is 11.8 Å². The van der Waals surface area contributed by atoms with E-state index in [1.165, 1.54) is 12.8 Å². The van der Waals surface area contributed by atoms with Gasteiger partial charge in [-0.25, -0.2) is 0 Å². The van der Waals surface area contributed by atoms with Gasteiger partial charge < -0.3 is 0 Å². The molecule has 2 heteroatoms. The fraction of sp³-hybridized carbons (Fsp3) is 1.00. The summed E-state index contributed by atoms with van der Waals surface area (Å²) in [6.07, 6.45) is 2.58. The van der Waals surface area contributed by atoms with Crippen molar-refractivity contribution < 1.29 is 0 Å². The van der Waals surface area contributed by atoms with Crippen molar-refractivity contribution in [3.05, 3.63) is 0 Å². The molecule has 1 aliphatic carbocycles. The summed E-state index contributed by atoms with van der Waals surface area (Å²) in [5, 5.41) is 8.46. The maximum absolute atomic E-state index is 4.23. The maximum atomic E-state index is 4.23. The second-order valence-electron chi connectivity index (χ2n) is 3.76. The Hall–Kier alpha value is -0.400. The van der Waals surface area contributed by atoms with Crippen LogP contribution in [0.4, 0.5) is 0 Å². The van der Waals surface area contributed by atoms with Crippen LogP contribution in [0, 0.1) is 11.8 Å². The van der Waals surface area contributed by atoms with Gasteiger partial charge in [-0.05, 0) is 18.8 Å². The number of rotatable bonds is 1. The van der Waals surface area contributed by atoms with Crippen LogP contribution >= 0.6 is 0 Å². The smallest absolute Gasteiger partial charge is 0.0760 e. The summed E-state index contributed by atoms with van der Waals surface area (Å²) >= 11 is 0. The Balaban J connectivity index is 2.14. The van der Waals surface area contributed by atoms with Crippen molar-refractivity contribution >= 4 is 0 Å². The Morgan fingerprint density at radius 2 is 1.60 bits per heavy atom. The van der Waals surface area contributed by atoms with Crippen LogP contribution in [0.15, 0.2) is 10.2 Å². The molecule has 0 aromatic heterocycles. The molecule has 1 heterocycles. The normalized spacial score (nSPS) is 43.7. The van der Waals surface area contributed by atoms with Crippen molar-refractivity contribution in [2.75, 3.05) is 0 Å². The first-order valence-electron chi connectivity index (χ1n) is 4.19. The zero-order valence-corrected chi connectivity index (χ0v) is 6.62. The largest absolute Gasteiger partial charge is 0.190 e. The van der Waals surface area contributed by atoms with E-state index in [0.29, 0.717) is 12.1 Å². The summed E-state index contributed by atoms with van der Waals surface area (Å²) in [4.78, 5) is 0. The van der Waals surface area contributed by atoms with E-state index in [9.17, 15) is 0 Å². The van der Waals surface area contributed by atoms with Gasteiger partial charge >= 0.3 is 0 Å². The van der Waals surface area contributed by atoms with E-state index in [2.05, 4.69) is 24.1 Å². The molecule has 0 saturated heterocycles. The predicted octanol–water partition coefficient (Wildman–Crippen LogP) is 2.26. The summed E-state index contributed by atoms with van der Waals surface area (Å²) in [6, 6.07) is 1.18. The number of hydrogen-bond donors (Lipinski definition) is 0. The van der Waals surface area contributed by atoms with Gasteiger partial charge in [0.25, 0.3) is 0 Å². The number of fused-ring (bicyclic) bond motifs is 2. The molecule has 2 nitrogen and oxygen atoms in total. The van der Waals surface area contributed by atoms with Gasteiger partial charge in [-0.2, -0.15) is 10.2 Å². The van der Waals surface area contributed by atoms with E-state index >= 15 is 0 Å². The average Bonchev–Trinajstić information content (AvgIpc) is 2.43. The fourth-order valence-electron chi connectivity index (χ4n) is 2.31. The number of nitrogens with zero attached hydrogens (tertiary/aromatic N) is 2. The van der Waals surface area contributed by atoms with Crippen LogP contribution in [0.5, 0.6) is 0 Å². The monoisotopic (exact) mass is 138 g/mol. The molecular weight excluding hydrogens is 124 g/mol. The highest BCUT2D eigenvalue weighted by Gasteiger charge is 2.42. The van der Waals surface area contributed by atoms with Gasteiger partial charge in [-0.3, -0.25) is 0 Å². The highest BCUT2D eigenvalue weighted by atomic mass is 15.2. The van der Waals surface area contributed by atoms with Crippen LogP contribution in [-0.2, 0) is 0 Å². The molecule has 2 rings (SSSR count). The molecule has 0 amide bonds. The maximum Gasteiger partial charge on any atom is 0.0760 e. The lowest BCUT2D eigenvalue weighted by Gasteiger charge is -2.15. The van der Waals surface area contributed by atoms with Crippen molar-refractivity contribution in [2.24, 2.45) is 22.1 Å². The SMILES string of the molecule is CC(C)C1[C@@H]2CC[C@H]1N=N2. The summed E-state index contributed by atoms with van der Waals surface area (Å²) in [5.41, 5.74) is 0. The van der Waals surface area contributed by atoms with E-state index in [1.807, 2.05) is 0 Å². The third-order valence-electron chi connectivity index (χ3n) is 2.78. The van der Waals surface area contributed by atoms with Crippen LogP contribution in [0.25, 0.3) is 0 Å². The number of azo groups is 1. The van der Waals surface area contributed by atoms with Crippen LogP contribution in [-0.4, -0.2) is 12.1 Å². The van der Waals surface area contributed by atoms with Gasteiger partial charge in [-0.1, -0.05) is 13.8 Å². The predicted molar refractivity (Wildman–Crippen MR) is 40.0 cm³/mol. The molecule has 3 atom stereocenters. The lowest BCUT2D eigenvalue weighted by Crippen LogP contribution is -2.20. The van der Waals surface area contributed by atoms with E-state index < -0.39 is 0 Å². The molecule has 0 radical (unpaired) electrons. The summed E-state index contributed by atoms with van der Waals surface area (Å²) < 4.78 is 0. The number of hydrogen-bond acceptors (Lipinski definition) is 2. The quantitative estimate of drug-likeness (QED) is 0.531. The molecule has 0 spiro atoms. The van der Waals surface area contributed by atoms with Gasteiger partial charge in [0, 0.05) is 5.92 Å². The Morgan fingerprint density at radius 3 is 1.80 bits per heavy atom. The Bertz CT molecular complexity index is 149. The lowest BCUT2D eigenvalue weighted by molar-refractivity contribution is 0.366. The highest BCUT2D eigenvalue weighted by molar-refractivity contribution is 4.98. The summed E-state index contributed by atoms with van der Waals surface area (Å²) in [7, 11) is 0. The molecule has 2 bridgehead atoms. The molecule has 0 aromatic carbocycles. The second-order valence-corrected chi connectivity index (χ2v) is 3.76. The molecule has 0 aromatic rings. The third kappa shape index (κ3) is 0.710. The zero-order chi connectivity index (χ0) is 7.14. The van der Waals surface area contributed by atoms with E-state index in [4.69, 9.17) is 0 Å². The van der Waals surface area contributed by atoms with Crippen molar-refractivity contribution in [3.8, 4) is 0 Å². The van der Waals surface area contributed by atoms with E-state index in [-0.39, 0.29) is 0 Å². The summed E-state index contributed by atoms with van der Waals surface area (Å²) in [5.74, 6) is 1.55. The molecule has 10 heavy (non-hydrogen) atoms. The van der Waals surface area contributed by atoms with Crippen LogP contribution in [0.2, 0.25) is 0 Å². The highest BCUT2D eigenvalue weighted by Crippen LogP contribution is 2.41. The minimum atomic E-state index is 0.588. The Morgan fingerprint density at radius 1 is 1.10 bits per heavy atom. The first kappa shape index (κ1) is 6.32. The third-order valence-corrected chi connectivity index (χ3v) is 2.78. The van der Waals surface area contributed by atoms with Crippen molar-refractivity contribution in [2.45, 2.75) is 38.8 Å². The van der Waals surface area contributed by atoms with E-state index in [1.54, 1.807) is 0 Å². The molecule has 0 N–H and O–H groups in total. The fourth-order valence-corrected chi connectivity index (χ4v) is 2.31. The zero-order valence-electron chi connectivity index (χ0n) is 6.62. The van der Waals surface area contributed by atoms with Crippen molar-refractivity contribution in [1.82, 2.24) is 0 Å². The second kappa shape index (κ2) is 2.04. The van der Waals surface area contributed by atoms with Gasteiger partial charge in [0.2, 0.25) is 0 Å². The van der Waals surface area contributed by atoms with Gasteiger partial charge in [0.1, 0.15) is 0 Å². The average molecular weight is 138 g/mol. The minimum Gasteiger partial charge on any atom is -0.190 e. The standard InChI is InChI=1S/C8H14N2/c1-5(2)8-6-3-4-7(8)10-9-6/h5-8H,3-4H2,1-2H3/t6-,7+,8?. The van der Waals surface area contributed by atoms with Crippen LogP contribution < -0.4 is 0 Å². The topological polar surface area (TPSA) is 24.7 Å². The first-order chi connectivity index (χ1) is 4.79. The van der Waals surface area contributed by atoms with Gasteiger partial charge in [-0.15, -0.1) is 0 Å². The summed E-state index contributed by atoms with van der Waals surface area (Å²) in [6.45, 7) is 4.57. The van der Waals surface area contributed by atoms with Gasteiger partial charge in [0.15, 0.2) is 0 Å².